The first-order valence-electron chi connectivity index (χ1n) is 9.63. The Hall–Kier alpha value is -3.10. The Morgan fingerprint density at radius 1 is 1.06 bits per heavy atom. The number of hydrogen-bond donors (Lipinski definition) is 1. The quantitative estimate of drug-likeness (QED) is 0.508. The van der Waals surface area contributed by atoms with E-state index in [1.54, 1.807) is 61.5 Å². The van der Waals surface area contributed by atoms with Crippen molar-refractivity contribution in [2.75, 3.05) is 22.5 Å². The summed E-state index contributed by atoms with van der Waals surface area (Å²) in [6.45, 7) is 1.62. The number of nitrogens with zero attached hydrogens (tertiary/aromatic N) is 1. The van der Waals surface area contributed by atoms with Crippen molar-refractivity contribution < 1.29 is 22.3 Å². The number of carbonyl (C=O) groups excluding carboxylic acids is 1. The first-order chi connectivity index (χ1) is 15.1. The first kappa shape index (κ1) is 23.6. The normalized spacial score (nSPS) is 11.1. The monoisotopic (exact) mass is 476 g/mol. The van der Waals surface area contributed by atoms with Crippen LogP contribution in [0.4, 0.5) is 15.8 Å². The zero-order valence-electron chi connectivity index (χ0n) is 17.5. The molecule has 168 valence electrons. The van der Waals surface area contributed by atoms with Crippen molar-refractivity contribution in [3.8, 4) is 5.75 Å². The number of hydrogen-bond acceptors (Lipinski definition) is 4. The van der Waals surface area contributed by atoms with Gasteiger partial charge in [-0.25, -0.2) is 12.8 Å². The van der Waals surface area contributed by atoms with E-state index in [1.165, 1.54) is 16.4 Å². The highest BCUT2D eigenvalue weighted by Gasteiger charge is 2.18. The summed E-state index contributed by atoms with van der Waals surface area (Å²) in [5.41, 5.74) is 2.34. The van der Waals surface area contributed by atoms with Crippen molar-refractivity contribution in [3.05, 3.63) is 88.7 Å². The second kappa shape index (κ2) is 10.0. The summed E-state index contributed by atoms with van der Waals surface area (Å²) in [4.78, 5) is 12.1. The van der Waals surface area contributed by atoms with Crippen LogP contribution in [0.1, 0.15) is 11.1 Å². The SMILES string of the molecule is Cc1ccc(F)cc1NC(=O)COc1ccc(N(Cc2ccc(Cl)cc2)S(C)(=O)=O)cc1. The topological polar surface area (TPSA) is 75.7 Å². The number of benzene rings is 3. The van der Waals surface area contributed by atoms with Gasteiger partial charge in [-0.05, 0) is 66.6 Å². The van der Waals surface area contributed by atoms with Gasteiger partial charge in [0.25, 0.3) is 5.91 Å². The molecule has 0 radical (unpaired) electrons. The van der Waals surface area contributed by atoms with Gasteiger partial charge in [-0.15, -0.1) is 0 Å². The molecule has 0 aliphatic rings. The average Bonchev–Trinajstić information content (AvgIpc) is 2.74. The lowest BCUT2D eigenvalue weighted by molar-refractivity contribution is -0.118. The van der Waals surface area contributed by atoms with Crippen LogP contribution in [0.5, 0.6) is 5.75 Å². The molecule has 3 aromatic carbocycles. The van der Waals surface area contributed by atoms with E-state index < -0.39 is 21.7 Å². The Morgan fingerprint density at radius 2 is 1.72 bits per heavy atom. The molecule has 3 rings (SSSR count). The molecule has 1 amide bonds. The molecule has 0 heterocycles. The molecule has 9 heteroatoms. The van der Waals surface area contributed by atoms with Crippen molar-refractivity contribution in [1.29, 1.82) is 0 Å². The fourth-order valence-electron chi connectivity index (χ4n) is 2.93. The van der Waals surface area contributed by atoms with E-state index in [2.05, 4.69) is 5.32 Å². The molecule has 0 spiro atoms. The number of sulfonamides is 1. The van der Waals surface area contributed by atoms with Crippen LogP contribution >= 0.6 is 11.6 Å². The van der Waals surface area contributed by atoms with Crippen LogP contribution < -0.4 is 14.4 Å². The Bertz CT molecular complexity index is 1200. The van der Waals surface area contributed by atoms with Crippen LogP contribution in [-0.4, -0.2) is 27.2 Å². The number of anilines is 2. The highest BCUT2D eigenvalue weighted by Crippen LogP contribution is 2.24. The smallest absolute Gasteiger partial charge is 0.262 e. The summed E-state index contributed by atoms with van der Waals surface area (Å²) < 4.78 is 44.7. The minimum absolute atomic E-state index is 0.144. The standard InChI is InChI=1S/C23H22ClFN2O4S/c1-16-3-8-19(25)13-22(16)26-23(28)15-31-21-11-9-20(10-12-21)27(32(2,29)30)14-17-4-6-18(24)7-5-17/h3-13H,14-15H2,1-2H3,(H,26,28). The number of halogens is 2. The minimum Gasteiger partial charge on any atom is -0.484 e. The number of amides is 1. The molecule has 0 saturated carbocycles. The van der Waals surface area contributed by atoms with Crippen LogP contribution in [0, 0.1) is 12.7 Å². The van der Waals surface area contributed by atoms with Crippen LogP contribution in [0.25, 0.3) is 0 Å². The van der Waals surface area contributed by atoms with E-state index in [0.29, 0.717) is 22.1 Å². The molecule has 6 nitrogen and oxygen atoms in total. The van der Waals surface area contributed by atoms with E-state index in [9.17, 15) is 17.6 Å². The average molecular weight is 477 g/mol. The summed E-state index contributed by atoms with van der Waals surface area (Å²) >= 11 is 5.89. The van der Waals surface area contributed by atoms with Crippen molar-refractivity contribution in [2.24, 2.45) is 0 Å². The number of nitrogens with one attached hydrogen (secondary N) is 1. The van der Waals surface area contributed by atoms with Crippen molar-refractivity contribution in [1.82, 2.24) is 0 Å². The van der Waals surface area contributed by atoms with Gasteiger partial charge in [-0.1, -0.05) is 29.8 Å². The highest BCUT2D eigenvalue weighted by atomic mass is 35.5. The fourth-order valence-corrected chi connectivity index (χ4v) is 3.94. The van der Waals surface area contributed by atoms with Gasteiger partial charge in [0.15, 0.2) is 6.61 Å². The van der Waals surface area contributed by atoms with Crippen molar-refractivity contribution in [2.45, 2.75) is 13.5 Å². The van der Waals surface area contributed by atoms with Crippen LogP contribution in [0.15, 0.2) is 66.7 Å². The largest absolute Gasteiger partial charge is 0.484 e. The Morgan fingerprint density at radius 3 is 2.34 bits per heavy atom. The maximum atomic E-state index is 13.4. The molecule has 32 heavy (non-hydrogen) atoms. The molecule has 0 aromatic heterocycles. The lowest BCUT2D eigenvalue weighted by Crippen LogP contribution is -2.29. The predicted octanol–water partition coefficient (Wildman–Crippen LogP) is 4.77. The van der Waals surface area contributed by atoms with E-state index in [1.807, 2.05) is 0 Å². The van der Waals surface area contributed by atoms with Crippen LogP contribution in [0.2, 0.25) is 5.02 Å². The molecule has 0 bridgehead atoms. The number of ether oxygens (including phenoxy) is 1. The molecule has 0 atom stereocenters. The minimum atomic E-state index is -3.54. The Kier molecular flexibility index (Phi) is 7.37. The third-order valence-corrected chi connectivity index (χ3v) is 6.00. The molecule has 0 aliphatic heterocycles. The van der Waals surface area contributed by atoms with Gasteiger partial charge in [0.2, 0.25) is 10.0 Å². The highest BCUT2D eigenvalue weighted by molar-refractivity contribution is 7.92. The van der Waals surface area contributed by atoms with Gasteiger partial charge in [0, 0.05) is 10.7 Å². The molecular formula is C23H22ClFN2O4S. The zero-order valence-corrected chi connectivity index (χ0v) is 19.1. The summed E-state index contributed by atoms with van der Waals surface area (Å²) in [6, 6.07) is 17.4. The Labute approximate surface area is 191 Å². The molecule has 0 fully saturated rings. The first-order valence-corrected chi connectivity index (χ1v) is 11.9. The summed E-state index contributed by atoms with van der Waals surface area (Å²) in [5.74, 6) is -0.500. The maximum absolute atomic E-state index is 13.4. The van der Waals surface area contributed by atoms with Gasteiger partial charge >= 0.3 is 0 Å². The number of aryl methyl sites for hydroxylation is 1. The fraction of sp³-hybridized carbons (Fsp3) is 0.174. The second-order valence-corrected chi connectivity index (χ2v) is 9.53. The van der Waals surface area contributed by atoms with Crippen molar-refractivity contribution in [3.63, 3.8) is 0 Å². The van der Waals surface area contributed by atoms with E-state index in [0.717, 1.165) is 17.4 Å². The molecular weight excluding hydrogens is 455 g/mol. The van der Waals surface area contributed by atoms with E-state index in [4.69, 9.17) is 16.3 Å². The zero-order chi connectivity index (χ0) is 23.3. The maximum Gasteiger partial charge on any atom is 0.262 e. The number of carbonyl (C=O) groups is 1. The van der Waals surface area contributed by atoms with Gasteiger partial charge < -0.3 is 10.1 Å². The third kappa shape index (κ3) is 6.45. The lowest BCUT2D eigenvalue weighted by atomic mass is 10.2. The molecule has 3 aromatic rings. The summed E-state index contributed by atoms with van der Waals surface area (Å²) in [7, 11) is -3.54. The summed E-state index contributed by atoms with van der Waals surface area (Å²) in [5, 5.41) is 3.17. The summed E-state index contributed by atoms with van der Waals surface area (Å²) in [6.07, 6.45) is 1.13. The molecule has 0 unspecified atom stereocenters. The molecule has 1 N–H and O–H groups in total. The second-order valence-electron chi connectivity index (χ2n) is 7.19. The predicted molar refractivity (Wildman–Crippen MR) is 124 cm³/mol. The van der Waals surface area contributed by atoms with E-state index >= 15 is 0 Å². The Balaban J connectivity index is 1.65. The van der Waals surface area contributed by atoms with E-state index in [-0.39, 0.29) is 13.2 Å². The lowest BCUT2D eigenvalue weighted by Gasteiger charge is -2.23. The van der Waals surface area contributed by atoms with Crippen LogP contribution in [-0.2, 0) is 21.4 Å². The third-order valence-electron chi connectivity index (χ3n) is 4.61. The van der Waals surface area contributed by atoms with Gasteiger partial charge in [-0.3, -0.25) is 9.10 Å². The molecule has 0 saturated heterocycles. The van der Waals surface area contributed by atoms with Gasteiger partial charge in [-0.2, -0.15) is 0 Å². The number of rotatable bonds is 8. The van der Waals surface area contributed by atoms with Crippen LogP contribution in [0.3, 0.4) is 0 Å². The molecule has 0 aliphatic carbocycles. The van der Waals surface area contributed by atoms with Gasteiger partial charge in [0.05, 0.1) is 18.5 Å². The van der Waals surface area contributed by atoms with Gasteiger partial charge in [0.1, 0.15) is 11.6 Å². The van der Waals surface area contributed by atoms with Crippen molar-refractivity contribution >= 4 is 38.9 Å².